The van der Waals surface area contributed by atoms with Gasteiger partial charge >= 0.3 is 0 Å². The molecule has 1 N–H and O–H groups in total. The highest BCUT2D eigenvalue weighted by Crippen LogP contribution is 2.13. The number of carbonyl (C=O) groups is 1. The number of amides is 1. The molecule has 21 heavy (non-hydrogen) atoms. The van der Waals surface area contributed by atoms with Crippen molar-refractivity contribution in [1.82, 2.24) is 5.32 Å². The Balaban J connectivity index is 1.70. The smallest absolute Gasteiger partial charge is 0.251 e. The number of hydrogen-bond acceptors (Lipinski definition) is 2. The molecule has 1 amide bonds. The molecular weight excluding hydrogens is 278 g/mol. The van der Waals surface area contributed by atoms with E-state index in [1.54, 1.807) is 0 Å². The van der Waals surface area contributed by atoms with Crippen LogP contribution >= 0.6 is 11.8 Å². The van der Waals surface area contributed by atoms with Crippen LogP contribution in [0.4, 0.5) is 0 Å². The van der Waals surface area contributed by atoms with Gasteiger partial charge in [-0.2, -0.15) is 11.8 Å². The topological polar surface area (TPSA) is 29.1 Å². The second-order valence-corrected chi connectivity index (χ2v) is 6.22. The van der Waals surface area contributed by atoms with E-state index in [4.69, 9.17) is 0 Å². The Kier molecular flexibility index (Phi) is 5.88. The molecule has 0 heterocycles. The zero-order valence-corrected chi connectivity index (χ0v) is 13.4. The van der Waals surface area contributed by atoms with Crippen molar-refractivity contribution >= 4 is 17.7 Å². The molecule has 0 spiro atoms. The third-order valence-corrected chi connectivity index (χ3v) is 4.30. The van der Waals surface area contributed by atoms with E-state index < -0.39 is 0 Å². The van der Waals surface area contributed by atoms with Crippen molar-refractivity contribution in [2.75, 3.05) is 12.3 Å². The molecule has 0 aromatic heterocycles. The molecule has 0 fully saturated rings. The molecule has 0 aliphatic carbocycles. The molecule has 0 unspecified atom stereocenters. The zero-order valence-electron chi connectivity index (χ0n) is 12.6. The minimum Gasteiger partial charge on any atom is -0.351 e. The first-order chi connectivity index (χ1) is 10.2. The van der Waals surface area contributed by atoms with Gasteiger partial charge in [-0.1, -0.05) is 48.0 Å². The summed E-state index contributed by atoms with van der Waals surface area (Å²) in [6.07, 6.45) is 0. The summed E-state index contributed by atoms with van der Waals surface area (Å²) < 4.78 is 0. The maximum Gasteiger partial charge on any atom is 0.251 e. The molecule has 0 atom stereocenters. The predicted molar refractivity (Wildman–Crippen MR) is 90.9 cm³/mol. The monoisotopic (exact) mass is 299 g/mol. The third kappa shape index (κ3) is 4.94. The van der Waals surface area contributed by atoms with Gasteiger partial charge in [-0.15, -0.1) is 0 Å². The van der Waals surface area contributed by atoms with E-state index in [-0.39, 0.29) is 5.91 Å². The number of hydrogen-bond donors (Lipinski definition) is 1. The fourth-order valence-electron chi connectivity index (χ4n) is 2.15. The lowest BCUT2D eigenvalue weighted by atomic mass is 10.1. The highest BCUT2D eigenvalue weighted by Gasteiger charge is 2.06. The summed E-state index contributed by atoms with van der Waals surface area (Å²) in [4.78, 5) is 12.0. The Labute approximate surface area is 131 Å². The Bertz CT molecular complexity index is 610. The lowest BCUT2D eigenvalue weighted by molar-refractivity contribution is 0.0955. The van der Waals surface area contributed by atoms with E-state index in [0.717, 1.165) is 22.6 Å². The minimum absolute atomic E-state index is 0.0178. The largest absolute Gasteiger partial charge is 0.351 e. The van der Waals surface area contributed by atoms with Gasteiger partial charge in [0.25, 0.3) is 5.91 Å². The number of thioether (sulfide) groups is 1. The highest BCUT2D eigenvalue weighted by atomic mass is 32.2. The molecule has 2 aromatic rings. The normalized spacial score (nSPS) is 10.4. The van der Waals surface area contributed by atoms with Crippen molar-refractivity contribution < 1.29 is 4.79 Å². The molecule has 2 aromatic carbocycles. The van der Waals surface area contributed by atoms with Crippen LogP contribution in [-0.4, -0.2) is 18.2 Å². The Hall–Kier alpha value is -1.74. The van der Waals surface area contributed by atoms with Gasteiger partial charge in [-0.3, -0.25) is 4.79 Å². The molecule has 0 saturated heterocycles. The summed E-state index contributed by atoms with van der Waals surface area (Å²) in [6.45, 7) is 4.77. The van der Waals surface area contributed by atoms with Crippen LogP contribution in [0.25, 0.3) is 0 Å². The maximum atomic E-state index is 12.0. The van der Waals surface area contributed by atoms with E-state index in [9.17, 15) is 4.79 Å². The van der Waals surface area contributed by atoms with E-state index in [1.807, 2.05) is 43.0 Å². The summed E-state index contributed by atoms with van der Waals surface area (Å²) in [7, 11) is 0. The lowest BCUT2D eigenvalue weighted by Gasteiger charge is -2.07. The molecule has 0 aliphatic heterocycles. The number of benzene rings is 2. The SMILES string of the molecule is Cc1cccc(CSCCNC(=O)c2ccccc2C)c1. The summed E-state index contributed by atoms with van der Waals surface area (Å²) in [5.74, 6) is 1.93. The average Bonchev–Trinajstić information content (AvgIpc) is 2.47. The fourth-order valence-corrected chi connectivity index (χ4v) is 2.96. The highest BCUT2D eigenvalue weighted by molar-refractivity contribution is 7.98. The lowest BCUT2D eigenvalue weighted by Crippen LogP contribution is -2.26. The van der Waals surface area contributed by atoms with Gasteiger partial charge in [0.05, 0.1) is 0 Å². The first kappa shape index (κ1) is 15.6. The number of rotatable bonds is 6. The van der Waals surface area contributed by atoms with Crippen LogP contribution in [0.15, 0.2) is 48.5 Å². The molecule has 0 bridgehead atoms. The van der Waals surface area contributed by atoms with Gasteiger partial charge in [0, 0.05) is 23.6 Å². The van der Waals surface area contributed by atoms with E-state index in [0.29, 0.717) is 6.54 Å². The van der Waals surface area contributed by atoms with Crippen molar-refractivity contribution in [3.8, 4) is 0 Å². The Morgan fingerprint density at radius 2 is 1.90 bits per heavy atom. The van der Waals surface area contributed by atoms with Gasteiger partial charge in [-0.25, -0.2) is 0 Å². The molecule has 0 saturated carbocycles. The minimum atomic E-state index is 0.0178. The van der Waals surface area contributed by atoms with Crippen molar-refractivity contribution in [2.24, 2.45) is 0 Å². The molecule has 0 aliphatic rings. The summed E-state index contributed by atoms with van der Waals surface area (Å²) in [5, 5.41) is 2.98. The molecule has 0 radical (unpaired) electrons. The van der Waals surface area contributed by atoms with Crippen LogP contribution < -0.4 is 5.32 Å². The van der Waals surface area contributed by atoms with Gasteiger partial charge in [-0.05, 0) is 31.0 Å². The molecule has 3 heteroatoms. The summed E-state index contributed by atoms with van der Waals surface area (Å²) >= 11 is 1.84. The average molecular weight is 299 g/mol. The Morgan fingerprint density at radius 1 is 1.10 bits per heavy atom. The predicted octanol–water partition coefficient (Wildman–Crippen LogP) is 3.97. The molecular formula is C18H21NOS. The fraction of sp³-hybridized carbons (Fsp3) is 0.278. The maximum absolute atomic E-state index is 12.0. The molecule has 2 rings (SSSR count). The quantitative estimate of drug-likeness (QED) is 0.818. The van der Waals surface area contributed by atoms with Crippen molar-refractivity contribution in [3.63, 3.8) is 0 Å². The van der Waals surface area contributed by atoms with Crippen LogP contribution in [0.1, 0.15) is 27.0 Å². The van der Waals surface area contributed by atoms with Crippen molar-refractivity contribution in [1.29, 1.82) is 0 Å². The number of carbonyl (C=O) groups excluding carboxylic acids is 1. The van der Waals surface area contributed by atoms with Gasteiger partial charge in [0.1, 0.15) is 0 Å². The standard InChI is InChI=1S/C18H21NOS/c1-14-6-5-8-16(12-14)13-21-11-10-19-18(20)17-9-4-3-7-15(17)2/h3-9,12H,10-11,13H2,1-2H3,(H,19,20). The summed E-state index contributed by atoms with van der Waals surface area (Å²) in [6, 6.07) is 16.2. The second-order valence-electron chi connectivity index (χ2n) is 5.11. The van der Waals surface area contributed by atoms with Crippen molar-refractivity contribution in [3.05, 3.63) is 70.8 Å². The number of aryl methyl sites for hydroxylation is 2. The third-order valence-electron chi connectivity index (χ3n) is 3.27. The van der Waals surface area contributed by atoms with Gasteiger partial charge in [0.2, 0.25) is 0 Å². The van der Waals surface area contributed by atoms with Crippen LogP contribution in [-0.2, 0) is 5.75 Å². The van der Waals surface area contributed by atoms with E-state index >= 15 is 0 Å². The van der Waals surface area contributed by atoms with Gasteiger partial charge < -0.3 is 5.32 Å². The first-order valence-corrected chi connectivity index (χ1v) is 8.29. The molecule has 110 valence electrons. The van der Waals surface area contributed by atoms with Crippen LogP contribution in [0, 0.1) is 13.8 Å². The van der Waals surface area contributed by atoms with Crippen LogP contribution in [0.3, 0.4) is 0 Å². The number of nitrogens with one attached hydrogen (secondary N) is 1. The van der Waals surface area contributed by atoms with E-state index in [2.05, 4.69) is 36.5 Å². The zero-order chi connectivity index (χ0) is 15.1. The first-order valence-electron chi connectivity index (χ1n) is 7.14. The molecule has 2 nitrogen and oxygen atoms in total. The summed E-state index contributed by atoms with van der Waals surface area (Å²) in [5.41, 5.74) is 4.41. The Morgan fingerprint density at radius 3 is 2.67 bits per heavy atom. The van der Waals surface area contributed by atoms with Crippen LogP contribution in [0.2, 0.25) is 0 Å². The van der Waals surface area contributed by atoms with E-state index in [1.165, 1.54) is 11.1 Å². The van der Waals surface area contributed by atoms with Gasteiger partial charge in [0.15, 0.2) is 0 Å². The van der Waals surface area contributed by atoms with Crippen LogP contribution in [0.5, 0.6) is 0 Å². The van der Waals surface area contributed by atoms with Crippen molar-refractivity contribution in [2.45, 2.75) is 19.6 Å². The second kappa shape index (κ2) is 7.89.